The summed E-state index contributed by atoms with van der Waals surface area (Å²) in [4.78, 5) is 20.1. The molecule has 1 aliphatic heterocycles. The lowest BCUT2D eigenvalue weighted by Crippen LogP contribution is -2.25. The van der Waals surface area contributed by atoms with Gasteiger partial charge in [-0.15, -0.1) is 0 Å². The maximum Gasteiger partial charge on any atom is 0.317 e. The Morgan fingerprint density at radius 3 is 2.58 bits per heavy atom. The second-order valence-electron chi connectivity index (χ2n) is 4.08. The fourth-order valence-electron chi connectivity index (χ4n) is 1.81. The first-order valence-corrected chi connectivity index (χ1v) is 5.79. The number of benzene rings is 1. The number of nitrogens with zero attached hydrogens (tertiary/aromatic N) is 2. The summed E-state index contributed by atoms with van der Waals surface area (Å²) in [6.07, 6.45) is 1.97. The first-order valence-electron chi connectivity index (χ1n) is 5.79. The van der Waals surface area contributed by atoms with Crippen LogP contribution in [0.1, 0.15) is 19.3 Å². The summed E-state index contributed by atoms with van der Waals surface area (Å²) in [6.45, 7) is 0.547. The van der Waals surface area contributed by atoms with Gasteiger partial charge in [-0.3, -0.25) is 20.2 Å². The molecular weight excluding hydrogens is 256 g/mol. The molecule has 102 valence electrons. The number of ether oxygens (including phenoxy) is 2. The maximum atomic E-state index is 10.9. The van der Waals surface area contributed by atoms with E-state index in [1.54, 1.807) is 0 Å². The molecule has 1 heterocycles. The van der Waals surface area contributed by atoms with E-state index in [1.807, 2.05) is 0 Å². The number of nitro groups is 2. The van der Waals surface area contributed by atoms with Gasteiger partial charge >= 0.3 is 5.69 Å². The predicted octanol–water partition coefficient (Wildman–Crippen LogP) is 2.41. The fourth-order valence-corrected chi connectivity index (χ4v) is 1.81. The van der Waals surface area contributed by atoms with Crippen molar-refractivity contribution < 1.29 is 19.3 Å². The Hall–Kier alpha value is -2.22. The number of hydrogen-bond donors (Lipinski definition) is 0. The average molecular weight is 268 g/mol. The Morgan fingerprint density at radius 1 is 1.21 bits per heavy atom. The van der Waals surface area contributed by atoms with E-state index in [4.69, 9.17) is 9.47 Å². The van der Waals surface area contributed by atoms with E-state index in [-0.39, 0.29) is 11.4 Å². The molecular formula is C11H12N2O6. The predicted molar refractivity (Wildman–Crippen MR) is 64.0 cm³/mol. The van der Waals surface area contributed by atoms with Crippen molar-refractivity contribution >= 4 is 11.4 Å². The van der Waals surface area contributed by atoms with Crippen LogP contribution in [0.2, 0.25) is 0 Å². The molecule has 0 aliphatic carbocycles. The third-order valence-electron chi connectivity index (χ3n) is 2.75. The minimum Gasteiger partial charge on any atom is -0.458 e. The van der Waals surface area contributed by atoms with Gasteiger partial charge in [-0.05, 0) is 18.9 Å². The zero-order chi connectivity index (χ0) is 13.8. The topological polar surface area (TPSA) is 105 Å². The molecule has 0 bridgehead atoms. The van der Waals surface area contributed by atoms with Crippen molar-refractivity contribution in [2.45, 2.75) is 25.6 Å². The Bertz CT molecular complexity index is 498. The van der Waals surface area contributed by atoms with Crippen molar-refractivity contribution in [1.82, 2.24) is 0 Å². The van der Waals surface area contributed by atoms with Crippen LogP contribution in [0.4, 0.5) is 11.4 Å². The van der Waals surface area contributed by atoms with E-state index in [0.29, 0.717) is 13.0 Å². The largest absolute Gasteiger partial charge is 0.458 e. The van der Waals surface area contributed by atoms with Gasteiger partial charge in [0, 0.05) is 12.5 Å². The monoisotopic (exact) mass is 268 g/mol. The van der Waals surface area contributed by atoms with Gasteiger partial charge < -0.3 is 9.47 Å². The lowest BCUT2D eigenvalue weighted by molar-refractivity contribution is -0.395. The summed E-state index contributed by atoms with van der Waals surface area (Å²) >= 11 is 0. The summed E-state index contributed by atoms with van der Waals surface area (Å²) in [5, 5.41) is 21.5. The molecule has 0 amide bonds. The molecule has 8 heteroatoms. The van der Waals surface area contributed by atoms with E-state index >= 15 is 0 Å². The summed E-state index contributed by atoms with van der Waals surface area (Å²) in [6, 6.07) is 3.29. The molecule has 0 aromatic heterocycles. The highest BCUT2D eigenvalue weighted by Crippen LogP contribution is 2.32. The molecule has 0 saturated carbocycles. The van der Waals surface area contributed by atoms with Crippen LogP contribution >= 0.6 is 0 Å². The van der Waals surface area contributed by atoms with Crippen LogP contribution in [0, 0.1) is 20.2 Å². The molecule has 1 aromatic rings. The lowest BCUT2D eigenvalue weighted by Gasteiger charge is -2.23. The van der Waals surface area contributed by atoms with Gasteiger partial charge in [-0.25, -0.2) is 0 Å². The molecule has 0 spiro atoms. The fraction of sp³-hybridized carbons (Fsp3) is 0.455. The zero-order valence-corrected chi connectivity index (χ0v) is 9.98. The highest BCUT2D eigenvalue weighted by molar-refractivity contribution is 5.53. The number of non-ortho nitro benzene ring substituents is 1. The van der Waals surface area contributed by atoms with Crippen LogP contribution in [0.3, 0.4) is 0 Å². The molecule has 19 heavy (non-hydrogen) atoms. The van der Waals surface area contributed by atoms with Crippen LogP contribution in [-0.2, 0) is 4.74 Å². The minimum atomic E-state index is -0.703. The van der Waals surface area contributed by atoms with Gasteiger partial charge in [-0.1, -0.05) is 0 Å². The number of hydrogen-bond acceptors (Lipinski definition) is 6. The first-order chi connectivity index (χ1) is 9.08. The van der Waals surface area contributed by atoms with E-state index in [1.165, 1.54) is 12.1 Å². The Morgan fingerprint density at radius 2 is 2.00 bits per heavy atom. The first kappa shape index (κ1) is 13.2. The molecule has 2 rings (SSSR count). The molecule has 1 aliphatic rings. The van der Waals surface area contributed by atoms with Crippen molar-refractivity contribution in [3.63, 3.8) is 0 Å². The summed E-state index contributed by atoms with van der Waals surface area (Å²) in [5.41, 5.74) is -0.771. The molecule has 0 N–H and O–H groups in total. The summed E-state index contributed by atoms with van der Waals surface area (Å²) in [5.74, 6) is -0.0116. The van der Waals surface area contributed by atoms with Gasteiger partial charge in [0.1, 0.15) is 0 Å². The molecule has 0 radical (unpaired) electrons. The average Bonchev–Trinajstić information content (AvgIpc) is 2.39. The highest BCUT2D eigenvalue weighted by Gasteiger charge is 2.24. The Kier molecular flexibility index (Phi) is 3.91. The Balaban J connectivity index is 2.23. The van der Waals surface area contributed by atoms with Crippen molar-refractivity contribution in [2.24, 2.45) is 0 Å². The van der Waals surface area contributed by atoms with Gasteiger partial charge in [0.25, 0.3) is 5.69 Å². The lowest BCUT2D eigenvalue weighted by atomic mass is 10.2. The second kappa shape index (κ2) is 5.61. The molecule has 8 nitrogen and oxygen atoms in total. The van der Waals surface area contributed by atoms with Crippen LogP contribution in [0.15, 0.2) is 18.2 Å². The smallest absolute Gasteiger partial charge is 0.317 e. The minimum absolute atomic E-state index is 0.0116. The third-order valence-corrected chi connectivity index (χ3v) is 2.75. The van der Waals surface area contributed by atoms with Crippen LogP contribution < -0.4 is 4.74 Å². The summed E-state index contributed by atoms with van der Waals surface area (Å²) < 4.78 is 10.7. The van der Waals surface area contributed by atoms with Crippen LogP contribution in [-0.4, -0.2) is 22.7 Å². The van der Waals surface area contributed by atoms with E-state index in [0.717, 1.165) is 18.9 Å². The van der Waals surface area contributed by atoms with Crippen molar-refractivity contribution in [3.8, 4) is 5.75 Å². The van der Waals surface area contributed by atoms with E-state index < -0.39 is 21.8 Å². The van der Waals surface area contributed by atoms with E-state index in [9.17, 15) is 20.2 Å². The second-order valence-corrected chi connectivity index (χ2v) is 4.08. The van der Waals surface area contributed by atoms with Crippen molar-refractivity contribution in [3.05, 3.63) is 38.4 Å². The van der Waals surface area contributed by atoms with Gasteiger partial charge in [0.05, 0.1) is 22.5 Å². The maximum absolute atomic E-state index is 10.9. The summed E-state index contributed by atoms with van der Waals surface area (Å²) in [7, 11) is 0. The quantitative estimate of drug-likeness (QED) is 0.613. The van der Waals surface area contributed by atoms with Crippen LogP contribution in [0.25, 0.3) is 0 Å². The zero-order valence-electron chi connectivity index (χ0n) is 9.98. The van der Waals surface area contributed by atoms with Gasteiger partial charge in [-0.2, -0.15) is 0 Å². The van der Waals surface area contributed by atoms with Crippen molar-refractivity contribution in [1.29, 1.82) is 0 Å². The van der Waals surface area contributed by atoms with Crippen LogP contribution in [0.5, 0.6) is 5.75 Å². The molecule has 1 atom stereocenters. The van der Waals surface area contributed by atoms with Crippen molar-refractivity contribution in [2.75, 3.05) is 6.61 Å². The molecule has 1 saturated heterocycles. The number of nitro benzene ring substituents is 2. The third kappa shape index (κ3) is 3.16. The highest BCUT2D eigenvalue weighted by atomic mass is 16.7. The molecule has 0 unspecified atom stereocenters. The van der Waals surface area contributed by atoms with Gasteiger partial charge in [0.2, 0.25) is 5.75 Å². The normalized spacial score (nSPS) is 18.8. The SMILES string of the molecule is O=[N+]([O-])c1ccc(O[C@@H]2CCCCO2)c([N+](=O)[O-])c1. The Labute approximate surface area is 108 Å². The van der Waals surface area contributed by atoms with E-state index in [2.05, 4.69) is 0 Å². The number of rotatable bonds is 4. The molecule has 1 aromatic carbocycles. The van der Waals surface area contributed by atoms with Gasteiger partial charge in [0.15, 0.2) is 6.29 Å². The molecule has 1 fully saturated rings. The standard InChI is InChI=1S/C11H12N2O6/c14-12(15)8-4-5-10(9(7-8)13(16)17)19-11-3-1-2-6-18-11/h4-5,7,11H,1-3,6H2/t11-/m1/s1.